The Morgan fingerprint density at radius 1 is 1.04 bits per heavy atom. The van der Waals surface area contributed by atoms with Gasteiger partial charge in [0.15, 0.2) is 0 Å². The summed E-state index contributed by atoms with van der Waals surface area (Å²) < 4.78 is 1.90. The van der Waals surface area contributed by atoms with Crippen molar-refractivity contribution in [3.63, 3.8) is 0 Å². The highest BCUT2D eigenvalue weighted by molar-refractivity contribution is 8.07. The van der Waals surface area contributed by atoms with Gasteiger partial charge in [-0.3, -0.25) is 0 Å². The Bertz CT molecular complexity index is 843. The molecule has 0 aliphatic rings. The first kappa shape index (κ1) is 17.4. The molecule has 2 aromatic carbocycles. The molecule has 2 nitrogen and oxygen atoms in total. The van der Waals surface area contributed by atoms with Crippen molar-refractivity contribution in [1.82, 2.24) is 9.55 Å². The average molecular weight is 396 g/mol. The Hall–Kier alpha value is -1.39. The minimum absolute atomic E-state index is 0.619. The molecule has 1 heterocycles. The molecule has 6 heteroatoms. The molecule has 0 bridgehead atoms. The quantitative estimate of drug-likeness (QED) is 0.476. The zero-order valence-corrected chi connectivity index (χ0v) is 15.6. The summed E-state index contributed by atoms with van der Waals surface area (Å²) in [5.41, 5.74) is 2.12. The van der Waals surface area contributed by atoms with Crippen LogP contribution in [-0.4, -0.2) is 9.55 Å². The van der Waals surface area contributed by atoms with Crippen LogP contribution in [0, 0.1) is 0 Å². The minimum atomic E-state index is 0.619. The van der Waals surface area contributed by atoms with Gasteiger partial charge in [0, 0.05) is 44.9 Å². The summed E-state index contributed by atoms with van der Waals surface area (Å²) in [4.78, 5) is 5.11. The van der Waals surface area contributed by atoms with Crippen LogP contribution in [0.1, 0.15) is 11.1 Å². The molecule has 0 aliphatic carbocycles. The van der Waals surface area contributed by atoms with E-state index in [1.807, 2.05) is 53.4 Å². The van der Waals surface area contributed by atoms with E-state index in [2.05, 4.69) is 4.98 Å². The van der Waals surface area contributed by atoms with Gasteiger partial charge < -0.3 is 4.57 Å². The van der Waals surface area contributed by atoms with Crippen LogP contribution in [0.15, 0.2) is 61.2 Å². The highest BCUT2D eigenvalue weighted by atomic mass is 35.5. The summed E-state index contributed by atoms with van der Waals surface area (Å²) in [6.07, 6.45) is 7.36. The Balaban J connectivity index is 1.89. The topological polar surface area (TPSA) is 17.8 Å². The molecule has 0 fully saturated rings. The second-order valence-electron chi connectivity index (χ2n) is 5.04. The second-order valence-corrected chi connectivity index (χ2v) is 7.34. The fourth-order valence-electron chi connectivity index (χ4n) is 2.10. The second kappa shape index (κ2) is 8.13. The first-order chi connectivity index (χ1) is 11.6. The zero-order valence-electron chi connectivity index (χ0n) is 12.5. The van der Waals surface area contributed by atoms with Crippen LogP contribution in [0.25, 0.3) is 11.1 Å². The maximum atomic E-state index is 6.39. The Morgan fingerprint density at radius 3 is 2.46 bits per heavy atom. The number of rotatable bonds is 5. The van der Waals surface area contributed by atoms with E-state index in [-0.39, 0.29) is 0 Å². The van der Waals surface area contributed by atoms with Gasteiger partial charge in [-0.1, -0.05) is 53.0 Å². The highest BCUT2D eigenvalue weighted by Crippen LogP contribution is 2.36. The molecule has 0 atom stereocenters. The largest absolute Gasteiger partial charge is 0.312 e. The molecule has 3 aromatic rings. The predicted molar refractivity (Wildman–Crippen MR) is 106 cm³/mol. The molecule has 0 unspecified atom stereocenters. The molecular weight excluding hydrogens is 383 g/mol. The lowest BCUT2D eigenvalue weighted by Crippen LogP contribution is -1.89. The smallest absolute Gasteiger partial charge is 0.0987 e. The van der Waals surface area contributed by atoms with Crippen molar-refractivity contribution < 1.29 is 0 Å². The standard InChI is InChI=1S/C18H13Cl3N2S/c19-14-3-1-13(2-4-14)11-24-18(10-23-8-7-22-12-23)16-6-5-15(20)9-17(16)21/h1-10,12H,11H2/b18-10-. The monoisotopic (exact) mass is 394 g/mol. The lowest BCUT2D eigenvalue weighted by atomic mass is 10.2. The van der Waals surface area contributed by atoms with Crippen LogP contribution in [0.4, 0.5) is 0 Å². The van der Waals surface area contributed by atoms with E-state index >= 15 is 0 Å². The number of halogens is 3. The van der Waals surface area contributed by atoms with Gasteiger partial charge in [-0.25, -0.2) is 4.98 Å². The van der Waals surface area contributed by atoms with Crippen molar-refractivity contribution in [2.24, 2.45) is 0 Å². The van der Waals surface area contributed by atoms with Crippen molar-refractivity contribution in [3.8, 4) is 0 Å². The lowest BCUT2D eigenvalue weighted by molar-refractivity contribution is 1.14. The van der Waals surface area contributed by atoms with Crippen molar-refractivity contribution in [3.05, 3.63) is 87.4 Å². The maximum Gasteiger partial charge on any atom is 0.0987 e. The first-order valence-corrected chi connectivity index (χ1v) is 9.26. The van der Waals surface area contributed by atoms with Crippen LogP contribution < -0.4 is 0 Å². The molecule has 0 saturated heterocycles. The molecule has 24 heavy (non-hydrogen) atoms. The number of hydrogen-bond donors (Lipinski definition) is 0. The average Bonchev–Trinajstić information content (AvgIpc) is 3.06. The van der Waals surface area contributed by atoms with Crippen molar-refractivity contribution in [2.75, 3.05) is 0 Å². The number of imidazole rings is 1. The SMILES string of the molecule is Clc1ccc(CS/C(=C\n2ccnc2)c2ccc(Cl)cc2Cl)cc1. The van der Waals surface area contributed by atoms with Gasteiger partial charge in [-0.15, -0.1) is 11.8 Å². The van der Waals surface area contributed by atoms with E-state index in [9.17, 15) is 0 Å². The molecule has 0 aliphatic heterocycles. The first-order valence-electron chi connectivity index (χ1n) is 7.14. The third kappa shape index (κ3) is 4.58. The van der Waals surface area contributed by atoms with Gasteiger partial charge in [-0.2, -0.15) is 0 Å². The predicted octanol–water partition coefficient (Wildman–Crippen LogP) is 6.73. The fourth-order valence-corrected chi connectivity index (χ4v) is 3.83. The fraction of sp³-hybridized carbons (Fsp3) is 0.0556. The number of thioether (sulfide) groups is 1. The third-order valence-electron chi connectivity index (χ3n) is 3.30. The summed E-state index contributed by atoms with van der Waals surface area (Å²) in [7, 11) is 0. The molecule has 0 amide bonds. The third-order valence-corrected chi connectivity index (χ3v) is 5.21. The van der Waals surface area contributed by atoms with Crippen LogP contribution in [-0.2, 0) is 5.75 Å². The number of nitrogens with zero attached hydrogens (tertiary/aromatic N) is 2. The summed E-state index contributed by atoms with van der Waals surface area (Å²) in [6, 6.07) is 13.4. The van der Waals surface area contributed by atoms with Gasteiger partial charge in [0.1, 0.15) is 0 Å². The van der Waals surface area contributed by atoms with E-state index in [1.54, 1.807) is 30.4 Å². The molecule has 1 aromatic heterocycles. The van der Waals surface area contributed by atoms with Crippen LogP contribution in [0.5, 0.6) is 0 Å². The number of aromatic nitrogens is 2. The van der Waals surface area contributed by atoms with Crippen LogP contribution >= 0.6 is 46.6 Å². The van der Waals surface area contributed by atoms with Gasteiger partial charge in [0.05, 0.1) is 11.3 Å². The molecule has 0 radical (unpaired) electrons. The van der Waals surface area contributed by atoms with E-state index in [4.69, 9.17) is 34.8 Å². The molecule has 0 N–H and O–H groups in total. The Morgan fingerprint density at radius 2 is 1.79 bits per heavy atom. The maximum absolute atomic E-state index is 6.39. The molecule has 122 valence electrons. The summed E-state index contributed by atoms with van der Waals surface area (Å²) in [5.74, 6) is 0.802. The zero-order chi connectivity index (χ0) is 16.9. The molecule has 0 saturated carbocycles. The van der Waals surface area contributed by atoms with Gasteiger partial charge in [0.2, 0.25) is 0 Å². The van der Waals surface area contributed by atoms with E-state index in [0.29, 0.717) is 10.0 Å². The normalized spacial score (nSPS) is 11.7. The number of benzene rings is 2. The molecule has 3 rings (SSSR count). The molecular formula is C18H13Cl3N2S. The van der Waals surface area contributed by atoms with Gasteiger partial charge in [-0.05, 0) is 29.8 Å². The summed E-state index contributed by atoms with van der Waals surface area (Å²) in [6.45, 7) is 0. The van der Waals surface area contributed by atoms with Crippen molar-refractivity contribution >= 4 is 57.7 Å². The van der Waals surface area contributed by atoms with E-state index in [0.717, 1.165) is 21.2 Å². The Labute approximate surface area is 160 Å². The van der Waals surface area contributed by atoms with E-state index < -0.39 is 0 Å². The number of hydrogen-bond acceptors (Lipinski definition) is 2. The summed E-state index contributed by atoms with van der Waals surface area (Å²) >= 11 is 20.0. The minimum Gasteiger partial charge on any atom is -0.312 e. The van der Waals surface area contributed by atoms with Crippen molar-refractivity contribution in [1.29, 1.82) is 0 Å². The Kier molecular flexibility index (Phi) is 5.90. The summed E-state index contributed by atoms with van der Waals surface area (Å²) in [5, 5.41) is 1.98. The highest BCUT2D eigenvalue weighted by Gasteiger charge is 2.09. The van der Waals surface area contributed by atoms with Crippen molar-refractivity contribution in [2.45, 2.75) is 5.75 Å². The van der Waals surface area contributed by atoms with E-state index in [1.165, 1.54) is 5.56 Å². The molecule has 0 spiro atoms. The van der Waals surface area contributed by atoms with Gasteiger partial charge >= 0.3 is 0 Å². The van der Waals surface area contributed by atoms with Crippen LogP contribution in [0.2, 0.25) is 15.1 Å². The van der Waals surface area contributed by atoms with Gasteiger partial charge in [0.25, 0.3) is 0 Å². The van der Waals surface area contributed by atoms with Crippen LogP contribution in [0.3, 0.4) is 0 Å². The lowest BCUT2D eigenvalue weighted by Gasteiger charge is -2.11.